The second-order valence-corrected chi connectivity index (χ2v) is 8.28. The van der Waals surface area contributed by atoms with Crippen LogP contribution in [0.1, 0.15) is 66.2 Å². The lowest BCUT2D eigenvalue weighted by Gasteiger charge is -2.33. The molecule has 138 valence electrons. The largest absolute Gasteiger partial charge is 0.458 e. The number of aldehydes is 1. The molecule has 4 atom stereocenters. The van der Waals surface area contributed by atoms with E-state index in [1.54, 1.807) is 0 Å². The van der Waals surface area contributed by atoms with Gasteiger partial charge in [0.2, 0.25) is 0 Å². The van der Waals surface area contributed by atoms with Crippen molar-refractivity contribution < 1.29 is 14.3 Å². The Hall–Kier alpha value is -1.64. The molecule has 0 aromatic heterocycles. The molecule has 0 aromatic carbocycles. The second-order valence-electron chi connectivity index (χ2n) is 8.28. The molecule has 0 heterocycles. The van der Waals surface area contributed by atoms with Crippen LogP contribution in [0.2, 0.25) is 0 Å². The van der Waals surface area contributed by atoms with Crippen LogP contribution in [0.15, 0.2) is 35.5 Å². The van der Waals surface area contributed by atoms with Gasteiger partial charge in [0.15, 0.2) is 0 Å². The Morgan fingerprint density at radius 1 is 1.32 bits per heavy atom. The highest BCUT2D eigenvalue weighted by Gasteiger charge is 2.44. The van der Waals surface area contributed by atoms with E-state index < -0.39 is 6.10 Å². The van der Waals surface area contributed by atoms with E-state index in [2.05, 4.69) is 33.4 Å². The van der Waals surface area contributed by atoms with E-state index in [-0.39, 0.29) is 11.4 Å². The number of rotatable bonds is 3. The fourth-order valence-corrected chi connectivity index (χ4v) is 4.39. The maximum Gasteiger partial charge on any atom is 0.303 e. The van der Waals surface area contributed by atoms with E-state index in [0.29, 0.717) is 17.4 Å². The third-order valence-corrected chi connectivity index (χ3v) is 6.11. The van der Waals surface area contributed by atoms with Crippen molar-refractivity contribution in [1.82, 2.24) is 0 Å². The summed E-state index contributed by atoms with van der Waals surface area (Å²) >= 11 is 0. The van der Waals surface area contributed by atoms with Gasteiger partial charge < -0.3 is 4.74 Å². The van der Waals surface area contributed by atoms with Gasteiger partial charge in [-0.2, -0.15) is 0 Å². The molecule has 25 heavy (non-hydrogen) atoms. The highest BCUT2D eigenvalue weighted by atomic mass is 16.5. The van der Waals surface area contributed by atoms with Crippen molar-refractivity contribution in [3.05, 3.63) is 35.5 Å². The number of hydrogen-bond acceptors (Lipinski definition) is 3. The average Bonchev–Trinajstić information content (AvgIpc) is 2.85. The summed E-state index contributed by atoms with van der Waals surface area (Å²) in [5.74, 6) is 0.593. The number of allylic oxidation sites excluding steroid dienone is 4. The highest BCUT2D eigenvalue weighted by Crippen LogP contribution is 2.53. The first kappa shape index (κ1) is 19.7. The lowest BCUT2D eigenvalue weighted by molar-refractivity contribution is -0.145. The Morgan fingerprint density at radius 2 is 2.04 bits per heavy atom. The second kappa shape index (κ2) is 8.16. The SMILES string of the molecule is C=C(C)C1CC2CC(OC(C)=O)C(C=O)=CCCC(C)=CCC2(C)C1. The van der Waals surface area contributed by atoms with Gasteiger partial charge in [-0.05, 0) is 69.6 Å². The number of ether oxygens (including phenoxy) is 1. The number of carbonyl (C=O) groups excluding carboxylic acids is 2. The molecular formula is C22H32O3. The maximum atomic E-state index is 11.6. The Labute approximate surface area is 152 Å². The summed E-state index contributed by atoms with van der Waals surface area (Å²) in [4.78, 5) is 23.2. The topological polar surface area (TPSA) is 43.4 Å². The number of esters is 1. The van der Waals surface area contributed by atoms with E-state index in [1.165, 1.54) is 18.1 Å². The van der Waals surface area contributed by atoms with Gasteiger partial charge >= 0.3 is 5.97 Å². The first-order valence-electron chi connectivity index (χ1n) is 9.38. The zero-order valence-corrected chi connectivity index (χ0v) is 16.1. The lowest BCUT2D eigenvalue weighted by Crippen LogP contribution is -2.29. The minimum atomic E-state index is -0.429. The van der Waals surface area contributed by atoms with Gasteiger partial charge in [0.1, 0.15) is 12.4 Å². The third-order valence-electron chi connectivity index (χ3n) is 6.11. The van der Waals surface area contributed by atoms with Gasteiger partial charge in [-0.1, -0.05) is 36.8 Å². The Kier molecular flexibility index (Phi) is 6.42. The first-order chi connectivity index (χ1) is 11.7. The fourth-order valence-electron chi connectivity index (χ4n) is 4.39. The molecule has 2 aliphatic carbocycles. The summed E-state index contributed by atoms with van der Waals surface area (Å²) in [6, 6.07) is 0. The summed E-state index contributed by atoms with van der Waals surface area (Å²) in [5, 5.41) is 0. The molecule has 0 radical (unpaired) electrons. The zero-order valence-electron chi connectivity index (χ0n) is 16.1. The number of hydrogen-bond donors (Lipinski definition) is 0. The van der Waals surface area contributed by atoms with Crippen molar-refractivity contribution >= 4 is 12.3 Å². The van der Waals surface area contributed by atoms with Crippen LogP contribution in [0.25, 0.3) is 0 Å². The van der Waals surface area contributed by atoms with E-state index in [4.69, 9.17) is 4.74 Å². The molecule has 3 heteroatoms. The van der Waals surface area contributed by atoms with Crippen LogP contribution < -0.4 is 0 Å². The predicted molar refractivity (Wildman–Crippen MR) is 101 cm³/mol. The first-order valence-corrected chi connectivity index (χ1v) is 9.38. The van der Waals surface area contributed by atoms with Gasteiger partial charge in [0.25, 0.3) is 0 Å². The smallest absolute Gasteiger partial charge is 0.303 e. The fraction of sp³-hybridized carbons (Fsp3) is 0.636. The molecular weight excluding hydrogens is 312 g/mol. The van der Waals surface area contributed by atoms with Gasteiger partial charge in [0, 0.05) is 12.5 Å². The molecule has 0 aromatic rings. The van der Waals surface area contributed by atoms with Crippen molar-refractivity contribution in [2.75, 3.05) is 0 Å². The summed E-state index contributed by atoms with van der Waals surface area (Å²) in [7, 11) is 0. The molecule has 0 bridgehead atoms. The third kappa shape index (κ3) is 4.93. The number of fused-ring (bicyclic) bond motifs is 1. The van der Waals surface area contributed by atoms with E-state index >= 15 is 0 Å². The van der Waals surface area contributed by atoms with Crippen LogP contribution in [-0.2, 0) is 14.3 Å². The van der Waals surface area contributed by atoms with Crippen molar-refractivity contribution in [3.8, 4) is 0 Å². The van der Waals surface area contributed by atoms with Crippen LogP contribution in [0.3, 0.4) is 0 Å². The molecule has 0 aliphatic heterocycles. The summed E-state index contributed by atoms with van der Waals surface area (Å²) in [6.07, 6.45) is 10.4. The minimum absolute atomic E-state index is 0.154. The standard InChI is InChI=1S/C22H32O3/c1-15(2)19-11-20-12-21(25-17(4)24)18(14-23)8-6-7-16(3)9-10-22(20,5)13-19/h8-9,14,19-21H,1,6-7,10-13H2,2-5H3. The van der Waals surface area contributed by atoms with Crippen LogP contribution in [-0.4, -0.2) is 18.4 Å². The molecule has 0 saturated heterocycles. The average molecular weight is 344 g/mol. The molecule has 2 rings (SSSR count). The quantitative estimate of drug-likeness (QED) is 0.403. The number of carbonyl (C=O) groups is 2. The minimum Gasteiger partial charge on any atom is -0.458 e. The van der Waals surface area contributed by atoms with Crippen molar-refractivity contribution in [2.45, 2.75) is 72.3 Å². The van der Waals surface area contributed by atoms with E-state index in [9.17, 15) is 9.59 Å². The van der Waals surface area contributed by atoms with E-state index in [0.717, 1.165) is 44.8 Å². The monoisotopic (exact) mass is 344 g/mol. The maximum absolute atomic E-state index is 11.6. The normalized spacial score (nSPS) is 33.4. The molecule has 2 aliphatic rings. The van der Waals surface area contributed by atoms with Crippen molar-refractivity contribution in [3.63, 3.8) is 0 Å². The molecule has 1 fully saturated rings. The Bertz CT molecular complexity index is 598. The van der Waals surface area contributed by atoms with Crippen LogP contribution >= 0.6 is 0 Å². The summed E-state index contributed by atoms with van der Waals surface area (Å²) in [6.45, 7) is 12.2. The molecule has 0 N–H and O–H groups in total. The molecule has 4 unspecified atom stereocenters. The van der Waals surface area contributed by atoms with Gasteiger partial charge in [-0.15, -0.1) is 0 Å². The van der Waals surface area contributed by atoms with Crippen molar-refractivity contribution in [1.29, 1.82) is 0 Å². The molecule has 1 saturated carbocycles. The Morgan fingerprint density at radius 3 is 2.64 bits per heavy atom. The van der Waals surface area contributed by atoms with Crippen LogP contribution in [0.5, 0.6) is 0 Å². The van der Waals surface area contributed by atoms with Gasteiger partial charge in [0.05, 0.1) is 0 Å². The van der Waals surface area contributed by atoms with Gasteiger partial charge in [-0.25, -0.2) is 0 Å². The summed E-state index contributed by atoms with van der Waals surface area (Å²) in [5.41, 5.74) is 3.37. The lowest BCUT2D eigenvalue weighted by atomic mass is 9.73. The molecule has 3 nitrogen and oxygen atoms in total. The van der Waals surface area contributed by atoms with Crippen molar-refractivity contribution in [2.24, 2.45) is 17.3 Å². The predicted octanol–water partition coefficient (Wildman–Crippen LogP) is 5.17. The highest BCUT2D eigenvalue weighted by molar-refractivity contribution is 5.76. The summed E-state index contributed by atoms with van der Waals surface area (Å²) < 4.78 is 5.57. The van der Waals surface area contributed by atoms with Crippen LogP contribution in [0.4, 0.5) is 0 Å². The van der Waals surface area contributed by atoms with Crippen LogP contribution in [0, 0.1) is 17.3 Å². The molecule has 0 spiro atoms. The van der Waals surface area contributed by atoms with E-state index in [1.807, 2.05) is 6.08 Å². The zero-order chi connectivity index (χ0) is 18.6. The van der Waals surface area contributed by atoms with Gasteiger partial charge in [-0.3, -0.25) is 9.59 Å². The Balaban J connectivity index is 2.38. The molecule has 0 amide bonds.